The Morgan fingerprint density at radius 3 is 2.83 bits per heavy atom. The maximum absolute atomic E-state index is 6.13. The van der Waals surface area contributed by atoms with Crippen molar-refractivity contribution in [1.29, 1.82) is 0 Å². The standard InChI is InChI=1S/C14H19Cl2NO/c1-10(2)9-18-7-6-17-11(3)13-8-12(15)4-5-14(13)16/h4-5,8,11,17H,1,6-7,9H2,2-3H3. The maximum atomic E-state index is 6.13. The van der Waals surface area contributed by atoms with Gasteiger partial charge in [0.15, 0.2) is 0 Å². The summed E-state index contributed by atoms with van der Waals surface area (Å²) in [7, 11) is 0. The molecule has 1 aromatic carbocycles. The minimum Gasteiger partial charge on any atom is -0.376 e. The van der Waals surface area contributed by atoms with Crippen LogP contribution in [0.25, 0.3) is 0 Å². The van der Waals surface area contributed by atoms with Crippen molar-refractivity contribution < 1.29 is 4.74 Å². The molecule has 0 spiro atoms. The van der Waals surface area contributed by atoms with Crippen molar-refractivity contribution in [2.24, 2.45) is 0 Å². The molecule has 0 amide bonds. The van der Waals surface area contributed by atoms with Gasteiger partial charge in [-0.3, -0.25) is 0 Å². The highest BCUT2D eigenvalue weighted by atomic mass is 35.5. The topological polar surface area (TPSA) is 21.3 Å². The van der Waals surface area contributed by atoms with Crippen LogP contribution in [0.1, 0.15) is 25.5 Å². The lowest BCUT2D eigenvalue weighted by Crippen LogP contribution is -2.23. The summed E-state index contributed by atoms with van der Waals surface area (Å²) in [5.41, 5.74) is 2.03. The van der Waals surface area contributed by atoms with Crippen molar-refractivity contribution in [1.82, 2.24) is 5.32 Å². The lowest BCUT2D eigenvalue weighted by molar-refractivity contribution is 0.156. The predicted octanol–water partition coefficient (Wildman–Crippen LogP) is 4.24. The smallest absolute Gasteiger partial charge is 0.0672 e. The number of benzene rings is 1. The van der Waals surface area contributed by atoms with Gasteiger partial charge in [0.05, 0.1) is 13.2 Å². The molecule has 0 aliphatic carbocycles. The first-order valence-electron chi connectivity index (χ1n) is 5.91. The van der Waals surface area contributed by atoms with E-state index in [2.05, 4.69) is 18.8 Å². The summed E-state index contributed by atoms with van der Waals surface area (Å²) in [4.78, 5) is 0. The molecule has 1 rings (SSSR count). The highest BCUT2D eigenvalue weighted by molar-refractivity contribution is 6.33. The first-order chi connectivity index (χ1) is 8.50. The molecule has 100 valence electrons. The molecule has 1 unspecified atom stereocenters. The first kappa shape index (κ1) is 15.5. The highest BCUT2D eigenvalue weighted by Gasteiger charge is 2.09. The van der Waals surface area contributed by atoms with Gasteiger partial charge in [0, 0.05) is 22.6 Å². The zero-order chi connectivity index (χ0) is 13.5. The van der Waals surface area contributed by atoms with E-state index in [0.29, 0.717) is 18.2 Å². The number of nitrogens with one attached hydrogen (secondary N) is 1. The lowest BCUT2D eigenvalue weighted by atomic mass is 10.1. The second-order valence-corrected chi connectivity index (χ2v) is 5.19. The van der Waals surface area contributed by atoms with Gasteiger partial charge < -0.3 is 10.1 Å². The Balaban J connectivity index is 2.38. The van der Waals surface area contributed by atoms with Crippen LogP contribution >= 0.6 is 23.2 Å². The van der Waals surface area contributed by atoms with E-state index in [4.69, 9.17) is 27.9 Å². The molecule has 1 N–H and O–H groups in total. The highest BCUT2D eigenvalue weighted by Crippen LogP contribution is 2.25. The molecule has 0 aliphatic rings. The van der Waals surface area contributed by atoms with E-state index >= 15 is 0 Å². The van der Waals surface area contributed by atoms with E-state index in [-0.39, 0.29) is 6.04 Å². The van der Waals surface area contributed by atoms with Crippen LogP contribution in [0.5, 0.6) is 0 Å². The zero-order valence-corrected chi connectivity index (χ0v) is 12.3. The van der Waals surface area contributed by atoms with Crippen molar-refractivity contribution in [2.75, 3.05) is 19.8 Å². The monoisotopic (exact) mass is 287 g/mol. The van der Waals surface area contributed by atoms with Crippen molar-refractivity contribution >= 4 is 23.2 Å². The number of rotatable bonds is 7. The van der Waals surface area contributed by atoms with Crippen LogP contribution < -0.4 is 5.32 Å². The Hall–Kier alpha value is -0.540. The van der Waals surface area contributed by atoms with E-state index in [9.17, 15) is 0 Å². The van der Waals surface area contributed by atoms with E-state index in [1.807, 2.05) is 19.1 Å². The fourth-order valence-electron chi connectivity index (χ4n) is 1.55. The fourth-order valence-corrected chi connectivity index (χ4v) is 2.01. The molecule has 4 heteroatoms. The number of hydrogen-bond donors (Lipinski definition) is 1. The summed E-state index contributed by atoms with van der Waals surface area (Å²) < 4.78 is 5.41. The number of ether oxygens (including phenoxy) is 1. The fraction of sp³-hybridized carbons (Fsp3) is 0.429. The quantitative estimate of drug-likeness (QED) is 0.598. The van der Waals surface area contributed by atoms with Gasteiger partial charge >= 0.3 is 0 Å². The van der Waals surface area contributed by atoms with Crippen molar-refractivity contribution in [3.8, 4) is 0 Å². The van der Waals surface area contributed by atoms with Gasteiger partial charge in [-0.2, -0.15) is 0 Å². The third-order valence-corrected chi connectivity index (χ3v) is 3.05. The second-order valence-electron chi connectivity index (χ2n) is 4.35. The molecular formula is C14H19Cl2NO. The first-order valence-corrected chi connectivity index (χ1v) is 6.66. The summed E-state index contributed by atoms with van der Waals surface area (Å²) >= 11 is 12.1. The average Bonchev–Trinajstić information content (AvgIpc) is 2.31. The number of hydrogen-bond acceptors (Lipinski definition) is 2. The molecule has 0 aliphatic heterocycles. The SMILES string of the molecule is C=C(C)COCCNC(C)c1cc(Cl)ccc1Cl. The molecule has 1 aromatic rings. The summed E-state index contributed by atoms with van der Waals surface area (Å²) in [5, 5.41) is 4.76. The van der Waals surface area contributed by atoms with Crippen molar-refractivity contribution in [3.63, 3.8) is 0 Å². The van der Waals surface area contributed by atoms with Gasteiger partial charge in [-0.25, -0.2) is 0 Å². The Morgan fingerprint density at radius 2 is 2.17 bits per heavy atom. The summed E-state index contributed by atoms with van der Waals surface area (Å²) in [5.74, 6) is 0. The van der Waals surface area contributed by atoms with Gasteiger partial charge in [0.25, 0.3) is 0 Å². The van der Waals surface area contributed by atoms with E-state index < -0.39 is 0 Å². The van der Waals surface area contributed by atoms with Crippen LogP contribution in [-0.2, 0) is 4.74 Å². The largest absolute Gasteiger partial charge is 0.376 e. The van der Waals surface area contributed by atoms with Gasteiger partial charge in [-0.1, -0.05) is 35.4 Å². The zero-order valence-electron chi connectivity index (χ0n) is 10.8. The van der Waals surface area contributed by atoms with Gasteiger partial charge in [0.1, 0.15) is 0 Å². The molecule has 0 bridgehead atoms. The predicted molar refractivity (Wildman–Crippen MR) is 78.5 cm³/mol. The number of halogens is 2. The Morgan fingerprint density at radius 1 is 1.44 bits per heavy atom. The minimum atomic E-state index is 0.143. The van der Waals surface area contributed by atoms with E-state index in [0.717, 1.165) is 22.7 Å². The van der Waals surface area contributed by atoms with Gasteiger partial charge in [0.2, 0.25) is 0 Å². The Bertz CT molecular complexity index is 407. The average molecular weight is 288 g/mol. The summed E-state index contributed by atoms with van der Waals surface area (Å²) in [6, 6.07) is 5.63. The van der Waals surface area contributed by atoms with Crippen LogP contribution in [-0.4, -0.2) is 19.8 Å². The summed E-state index contributed by atoms with van der Waals surface area (Å²) in [6.07, 6.45) is 0. The molecular weight excluding hydrogens is 269 g/mol. The molecule has 1 atom stereocenters. The van der Waals surface area contributed by atoms with E-state index in [1.54, 1.807) is 6.07 Å². The third kappa shape index (κ3) is 5.40. The Labute approximate surface area is 119 Å². The molecule has 0 fully saturated rings. The minimum absolute atomic E-state index is 0.143. The molecule has 18 heavy (non-hydrogen) atoms. The molecule has 0 radical (unpaired) electrons. The molecule has 0 heterocycles. The third-order valence-electron chi connectivity index (χ3n) is 2.47. The molecule has 0 saturated carbocycles. The normalized spacial score (nSPS) is 12.4. The second kappa shape index (κ2) is 7.80. The van der Waals surface area contributed by atoms with Crippen LogP contribution in [0.15, 0.2) is 30.4 Å². The van der Waals surface area contributed by atoms with Gasteiger partial charge in [-0.05, 0) is 37.6 Å². The van der Waals surface area contributed by atoms with Gasteiger partial charge in [-0.15, -0.1) is 0 Å². The molecule has 0 aromatic heterocycles. The van der Waals surface area contributed by atoms with Crippen LogP contribution in [0.3, 0.4) is 0 Å². The van der Waals surface area contributed by atoms with Crippen LogP contribution in [0.4, 0.5) is 0 Å². The molecule has 2 nitrogen and oxygen atoms in total. The molecule has 0 saturated heterocycles. The van der Waals surface area contributed by atoms with Crippen LogP contribution in [0, 0.1) is 0 Å². The Kier molecular flexibility index (Phi) is 6.72. The van der Waals surface area contributed by atoms with Crippen molar-refractivity contribution in [3.05, 3.63) is 46.0 Å². The summed E-state index contributed by atoms with van der Waals surface area (Å²) in [6.45, 7) is 9.79. The van der Waals surface area contributed by atoms with E-state index in [1.165, 1.54) is 0 Å². The van der Waals surface area contributed by atoms with Crippen molar-refractivity contribution in [2.45, 2.75) is 19.9 Å². The maximum Gasteiger partial charge on any atom is 0.0672 e. The lowest BCUT2D eigenvalue weighted by Gasteiger charge is -2.16. The van der Waals surface area contributed by atoms with Crippen LogP contribution in [0.2, 0.25) is 10.0 Å².